The average Bonchev–Trinajstić information content (AvgIpc) is 3.08. The molecule has 0 saturated carbocycles. The highest BCUT2D eigenvalue weighted by Gasteiger charge is 2.17. The van der Waals surface area contributed by atoms with Gasteiger partial charge in [0.25, 0.3) is 0 Å². The number of phenolic OH excluding ortho intramolecular Hbond substituents is 1. The molecule has 28 heavy (non-hydrogen) atoms. The molecule has 0 aliphatic heterocycles. The van der Waals surface area contributed by atoms with Gasteiger partial charge in [-0.3, -0.25) is 9.38 Å². The van der Waals surface area contributed by atoms with Gasteiger partial charge in [0.15, 0.2) is 17.1 Å². The molecule has 6 heteroatoms. The second-order valence-corrected chi connectivity index (χ2v) is 6.59. The average molecular weight is 374 g/mol. The maximum absolute atomic E-state index is 9.95. The first kappa shape index (κ1) is 17.9. The molecule has 0 fully saturated rings. The Labute approximate surface area is 163 Å². The first-order valence-electron chi connectivity index (χ1n) is 9.17. The van der Waals surface area contributed by atoms with Crippen LogP contribution < -0.4 is 10.1 Å². The van der Waals surface area contributed by atoms with Crippen molar-refractivity contribution in [3.05, 3.63) is 66.1 Å². The maximum Gasteiger partial charge on any atom is 0.161 e. The van der Waals surface area contributed by atoms with Gasteiger partial charge in [-0.05, 0) is 42.7 Å². The predicted octanol–water partition coefficient (Wildman–Crippen LogP) is 4.72. The molecule has 0 bridgehead atoms. The van der Waals surface area contributed by atoms with Gasteiger partial charge in [0, 0.05) is 23.6 Å². The number of rotatable bonds is 5. The summed E-state index contributed by atoms with van der Waals surface area (Å²) in [5.41, 5.74) is 5.81. The summed E-state index contributed by atoms with van der Waals surface area (Å²) in [5, 5.41) is 13.6. The van der Waals surface area contributed by atoms with Gasteiger partial charge in [-0.25, -0.2) is 4.98 Å². The molecule has 0 saturated heterocycles. The second-order valence-electron chi connectivity index (χ2n) is 6.59. The lowest BCUT2D eigenvalue weighted by atomic mass is 10.1. The Kier molecular flexibility index (Phi) is 4.61. The molecule has 0 radical (unpaired) electrons. The Morgan fingerprint density at radius 3 is 2.86 bits per heavy atom. The Morgan fingerprint density at radius 2 is 2.07 bits per heavy atom. The highest BCUT2D eigenvalue weighted by molar-refractivity contribution is 5.81. The number of aromatic nitrogens is 3. The normalized spacial score (nSPS) is 11.0. The number of hydrogen-bond donors (Lipinski definition) is 2. The van der Waals surface area contributed by atoms with Gasteiger partial charge in [0.2, 0.25) is 0 Å². The summed E-state index contributed by atoms with van der Waals surface area (Å²) >= 11 is 0. The summed E-state index contributed by atoms with van der Waals surface area (Å²) < 4.78 is 7.26. The van der Waals surface area contributed by atoms with E-state index in [4.69, 9.17) is 9.72 Å². The van der Waals surface area contributed by atoms with E-state index in [9.17, 15) is 5.11 Å². The van der Waals surface area contributed by atoms with E-state index < -0.39 is 0 Å². The van der Waals surface area contributed by atoms with Crippen LogP contribution >= 0.6 is 0 Å². The minimum Gasteiger partial charge on any atom is -0.504 e. The number of anilines is 2. The van der Waals surface area contributed by atoms with E-state index in [0.29, 0.717) is 5.75 Å². The fourth-order valence-electron chi connectivity index (χ4n) is 3.37. The zero-order valence-corrected chi connectivity index (χ0v) is 16.1. The molecule has 2 aromatic heterocycles. The standard InChI is InChI=1S/C22H22N4O2/c1-4-15-7-5-6-14(2)20(15)25-22-21(24-19-13-23-10-11-26(19)22)16-8-9-17(27)18(12-16)28-3/h5-13,25,27H,4H2,1-3H3. The topological polar surface area (TPSA) is 71.7 Å². The van der Waals surface area contributed by atoms with Crippen LogP contribution in [0.1, 0.15) is 18.1 Å². The monoisotopic (exact) mass is 374 g/mol. The van der Waals surface area contributed by atoms with E-state index in [1.165, 1.54) is 12.7 Å². The highest BCUT2D eigenvalue weighted by atomic mass is 16.5. The third-order valence-corrected chi connectivity index (χ3v) is 4.87. The number of fused-ring (bicyclic) bond motifs is 1. The van der Waals surface area contributed by atoms with E-state index in [-0.39, 0.29) is 5.75 Å². The molecule has 0 aliphatic rings. The number of methoxy groups -OCH3 is 1. The zero-order valence-electron chi connectivity index (χ0n) is 16.1. The van der Waals surface area contributed by atoms with Crippen molar-refractivity contribution < 1.29 is 9.84 Å². The molecule has 4 rings (SSSR count). The van der Waals surface area contributed by atoms with Crippen molar-refractivity contribution in [3.63, 3.8) is 0 Å². The van der Waals surface area contributed by atoms with Crippen LogP contribution in [0.4, 0.5) is 11.5 Å². The van der Waals surface area contributed by atoms with Gasteiger partial charge in [-0.1, -0.05) is 25.1 Å². The molecule has 0 unspecified atom stereocenters. The molecule has 0 atom stereocenters. The molecule has 6 nitrogen and oxygen atoms in total. The SMILES string of the molecule is CCc1cccc(C)c1Nc1c(-c2ccc(O)c(OC)c2)nc2cnccn12. The lowest BCUT2D eigenvalue weighted by Crippen LogP contribution is -2.02. The van der Waals surface area contributed by atoms with Gasteiger partial charge in [0.1, 0.15) is 11.5 Å². The summed E-state index contributed by atoms with van der Waals surface area (Å²) in [5.74, 6) is 1.34. The third-order valence-electron chi connectivity index (χ3n) is 4.87. The Balaban J connectivity index is 1.92. The molecule has 0 spiro atoms. The molecular formula is C22H22N4O2. The van der Waals surface area contributed by atoms with Crippen LogP contribution in [0.3, 0.4) is 0 Å². The third kappa shape index (κ3) is 3.03. The first-order chi connectivity index (χ1) is 13.6. The van der Waals surface area contributed by atoms with E-state index in [2.05, 4.69) is 42.3 Å². The molecule has 0 aliphatic carbocycles. The number of phenols is 1. The van der Waals surface area contributed by atoms with Gasteiger partial charge in [-0.2, -0.15) is 0 Å². The van der Waals surface area contributed by atoms with Crippen molar-refractivity contribution in [3.8, 4) is 22.8 Å². The Hall–Kier alpha value is -3.54. The summed E-state index contributed by atoms with van der Waals surface area (Å²) in [6.45, 7) is 4.24. The molecule has 2 aromatic carbocycles. The summed E-state index contributed by atoms with van der Waals surface area (Å²) in [6, 6.07) is 11.5. The smallest absolute Gasteiger partial charge is 0.161 e. The number of aromatic hydroxyl groups is 1. The fraction of sp³-hybridized carbons (Fsp3) is 0.182. The van der Waals surface area contributed by atoms with Gasteiger partial charge >= 0.3 is 0 Å². The van der Waals surface area contributed by atoms with Crippen LogP contribution in [-0.2, 0) is 6.42 Å². The quantitative estimate of drug-likeness (QED) is 0.529. The van der Waals surface area contributed by atoms with Crippen molar-refractivity contribution in [1.82, 2.24) is 14.4 Å². The molecule has 142 valence electrons. The molecular weight excluding hydrogens is 352 g/mol. The van der Waals surface area contributed by atoms with Crippen LogP contribution in [0.2, 0.25) is 0 Å². The number of ether oxygens (including phenoxy) is 1. The van der Waals surface area contributed by atoms with E-state index in [1.807, 2.05) is 16.7 Å². The molecule has 0 amide bonds. The Bertz CT molecular complexity index is 1150. The van der Waals surface area contributed by atoms with E-state index in [1.54, 1.807) is 24.5 Å². The number of imidazole rings is 1. The Morgan fingerprint density at radius 1 is 1.21 bits per heavy atom. The summed E-state index contributed by atoms with van der Waals surface area (Å²) in [4.78, 5) is 8.96. The number of para-hydroxylation sites is 1. The summed E-state index contributed by atoms with van der Waals surface area (Å²) in [7, 11) is 1.53. The summed E-state index contributed by atoms with van der Waals surface area (Å²) in [6.07, 6.45) is 6.27. The fourth-order valence-corrected chi connectivity index (χ4v) is 3.37. The van der Waals surface area contributed by atoms with Crippen LogP contribution in [0, 0.1) is 6.92 Å². The van der Waals surface area contributed by atoms with Crippen molar-refractivity contribution in [2.45, 2.75) is 20.3 Å². The van der Waals surface area contributed by atoms with Crippen LogP contribution in [0.5, 0.6) is 11.5 Å². The predicted molar refractivity (Wildman–Crippen MR) is 110 cm³/mol. The molecule has 2 heterocycles. The van der Waals surface area contributed by atoms with Crippen molar-refractivity contribution in [2.24, 2.45) is 0 Å². The van der Waals surface area contributed by atoms with Gasteiger partial charge in [-0.15, -0.1) is 0 Å². The maximum atomic E-state index is 9.95. The largest absolute Gasteiger partial charge is 0.504 e. The van der Waals surface area contributed by atoms with Gasteiger partial charge in [0.05, 0.1) is 13.3 Å². The molecule has 2 N–H and O–H groups in total. The number of nitrogens with zero attached hydrogens (tertiary/aromatic N) is 3. The van der Waals surface area contributed by atoms with Crippen molar-refractivity contribution in [1.29, 1.82) is 0 Å². The zero-order chi connectivity index (χ0) is 19.7. The number of nitrogens with one attached hydrogen (secondary N) is 1. The number of hydrogen-bond acceptors (Lipinski definition) is 5. The van der Waals surface area contributed by atoms with Crippen LogP contribution in [0.15, 0.2) is 55.0 Å². The van der Waals surface area contributed by atoms with Gasteiger partial charge < -0.3 is 15.2 Å². The minimum atomic E-state index is 0.0957. The van der Waals surface area contributed by atoms with Crippen molar-refractivity contribution >= 4 is 17.2 Å². The van der Waals surface area contributed by atoms with E-state index >= 15 is 0 Å². The highest BCUT2D eigenvalue weighted by Crippen LogP contribution is 2.37. The van der Waals surface area contributed by atoms with Crippen LogP contribution in [0.25, 0.3) is 16.9 Å². The number of aryl methyl sites for hydroxylation is 2. The second kappa shape index (κ2) is 7.23. The first-order valence-corrected chi connectivity index (χ1v) is 9.17. The van der Waals surface area contributed by atoms with E-state index in [0.717, 1.165) is 40.4 Å². The lowest BCUT2D eigenvalue weighted by molar-refractivity contribution is 0.373. The number of benzene rings is 2. The van der Waals surface area contributed by atoms with Crippen LogP contribution in [-0.4, -0.2) is 26.6 Å². The van der Waals surface area contributed by atoms with Crippen molar-refractivity contribution in [2.75, 3.05) is 12.4 Å². The lowest BCUT2D eigenvalue weighted by Gasteiger charge is -2.15. The molecule has 4 aromatic rings. The minimum absolute atomic E-state index is 0.0957.